The predicted molar refractivity (Wildman–Crippen MR) is 199 cm³/mol. The van der Waals surface area contributed by atoms with Crippen molar-refractivity contribution in [3.8, 4) is 34.8 Å². The van der Waals surface area contributed by atoms with Gasteiger partial charge in [0.1, 0.15) is 0 Å². The van der Waals surface area contributed by atoms with Crippen LogP contribution in [-0.4, -0.2) is 9.13 Å². The average molecular weight is 605 g/mol. The second-order valence-corrected chi connectivity index (χ2v) is 12.7. The summed E-state index contributed by atoms with van der Waals surface area (Å²) in [6, 6.07) is 48.5. The van der Waals surface area contributed by atoms with Gasteiger partial charge in [-0.2, -0.15) is 0 Å². The molecular formula is C43H28N2S. The molecule has 0 atom stereocenters. The van der Waals surface area contributed by atoms with Crippen LogP contribution in [0, 0.1) is 12.3 Å². The molecule has 0 aliphatic heterocycles. The molecule has 6 aromatic carbocycles. The highest BCUT2D eigenvalue weighted by molar-refractivity contribution is 7.17. The van der Waals surface area contributed by atoms with Gasteiger partial charge in [0.25, 0.3) is 0 Å². The van der Waals surface area contributed by atoms with E-state index < -0.39 is 0 Å². The topological polar surface area (TPSA) is 9.86 Å². The highest BCUT2D eigenvalue weighted by Crippen LogP contribution is 2.39. The summed E-state index contributed by atoms with van der Waals surface area (Å²) in [5.41, 5.74) is 9.58. The van der Waals surface area contributed by atoms with Crippen LogP contribution in [0.5, 0.6) is 0 Å². The van der Waals surface area contributed by atoms with Gasteiger partial charge in [-0.3, -0.25) is 0 Å². The largest absolute Gasteiger partial charge is 0.309 e. The molecule has 2 nitrogen and oxygen atoms in total. The number of rotatable bonds is 3. The molecule has 3 heteroatoms. The van der Waals surface area contributed by atoms with Gasteiger partial charge in [0, 0.05) is 43.2 Å². The first-order chi connectivity index (χ1) is 22.7. The quantitative estimate of drug-likeness (QED) is 0.178. The van der Waals surface area contributed by atoms with Crippen LogP contribution in [0.3, 0.4) is 0 Å². The van der Waals surface area contributed by atoms with Crippen molar-refractivity contribution in [1.29, 1.82) is 0 Å². The molecule has 216 valence electrons. The zero-order valence-electron chi connectivity index (χ0n) is 25.2. The van der Waals surface area contributed by atoms with Crippen LogP contribution in [0.1, 0.15) is 6.92 Å². The third-order valence-corrected chi connectivity index (χ3v) is 10.4. The Kier molecular flexibility index (Phi) is 6.00. The van der Waals surface area contributed by atoms with Crippen LogP contribution < -0.4 is 9.75 Å². The van der Waals surface area contributed by atoms with Gasteiger partial charge < -0.3 is 9.13 Å². The third-order valence-electron chi connectivity index (χ3n) is 9.20. The molecule has 0 unspecified atom stereocenters. The van der Waals surface area contributed by atoms with Crippen molar-refractivity contribution < 1.29 is 0 Å². The first-order valence-corrected chi connectivity index (χ1v) is 16.3. The Morgan fingerprint density at radius 1 is 0.565 bits per heavy atom. The minimum Gasteiger partial charge on any atom is -0.309 e. The summed E-state index contributed by atoms with van der Waals surface area (Å²) < 4.78 is 7.15. The maximum Gasteiger partial charge on any atom is 0.0640 e. The van der Waals surface area contributed by atoms with Crippen molar-refractivity contribution in [3.05, 3.63) is 143 Å². The summed E-state index contributed by atoms with van der Waals surface area (Å²) >= 11 is 1.77. The lowest BCUT2D eigenvalue weighted by Crippen LogP contribution is -2.17. The fourth-order valence-corrected chi connectivity index (χ4v) is 8.45. The summed E-state index contributed by atoms with van der Waals surface area (Å²) in [7, 11) is 0. The lowest BCUT2D eigenvalue weighted by molar-refractivity contribution is 1.18. The molecule has 0 bridgehead atoms. The average Bonchev–Trinajstić information content (AvgIpc) is 3.75. The summed E-state index contributed by atoms with van der Waals surface area (Å²) in [5, 5.41) is 7.43. The molecule has 46 heavy (non-hydrogen) atoms. The minimum atomic E-state index is 1.12. The Bertz CT molecular complexity index is 2820. The summed E-state index contributed by atoms with van der Waals surface area (Å²) in [5.74, 6) is 2.74. The Morgan fingerprint density at radius 2 is 1.13 bits per heavy atom. The van der Waals surface area contributed by atoms with Crippen LogP contribution in [0.25, 0.3) is 88.4 Å². The van der Waals surface area contributed by atoms with Crippen molar-refractivity contribution in [2.24, 2.45) is 0 Å². The minimum absolute atomic E-state index is 1.12. The Balaban J connectivity index is 1.28. The molecule has 9 rings (SSSR count). The number of terminal acetylenes is 1. The molecule has 0 fully saturated rings. The summed E-state index contributed by atoms with van der Waals surface area (Å²) in [4.78, 5) is 0. The van der Waals surface area contributed by atoms with Gasteiger partial charge in [0.05, 0.1) is 32.5 Å². The number of aromatic nitrogens is 2. The van der Waals surface area contributed by atoms with Crippen LogP contribution in [0.15, 0.2) is 133 Å². The number of para-hydroxylation sites is 3. The third kappa shape index (κ3) is 3.84. The fraction of sp³-hybridized carbons (Fsp3) is 0.0233. The van der Waals surface area contributed by atoms with E-state index >= 15 is 0 Å². The van der Waals surface area contributed by atoms with Crippen LogP contribution in [0.4, 0.5) is 0 Å². The summed E-state index contributed by atoms with van der Waals surface area (Å²) in [6.45, 7) is 2.08. The molecule has 3 aromatic heterocycles. The van der Waals surface area contributed by atoms with Crippen molar-refractivity contribution in [2.75, 3.05) is 0 Å². The number of fused-ring (bicyclic) bond motifs is 7. The van der Waals surface area contributed by atoms with Crippen molar-refractivity contribution in [1.82, 2.24) is 9.13 Å². The van der Waals surface area contributed by atoms with Crippen LogP contribution in [-0.2, 0) is 0 Å². The van der Waals surface area contributed by atoms with Crippen LogP contribution in [0.2, 0.25) is 0 Å². The van der Waals surface area contributed by atoms with E-state index in [1.807, 2.05) is 6.08 Å². The van der Waals surface area contributed by atoms with Gasteiger partial charge in [-0.25, -0.2) is 0 Å². The Morgan fingerprint density at radius 3 is 1.78 bits per heavy atom. The summed E-state index contributed by atoms with van der Waals surface area (Å²) in [6.07, 6.45) is 9.77. The van der Waals surface area contributed by atoms with Gasteiger partial charge in [0.2, 0.25) is 0 Å². The Hall–Kier alpha value is -5.82. The Labute approximate surface area is 270 Å². The SMILES string of the molecule is C#C/C=c1/sc2c(-n3c4ccccc4c4cc(-c5ccc6c(c5)c5ccccc5n6-c5ccccc5)ccc43)cccc2/c1=C/C. The predicted octanol–water partition coefficient (Wildman–Crippen LogP) is 9.98. The van der Waals surface area contributed by atoms with Gasteiger partial charge >= 0.3 is 0 Å². The maximum absolute atomic E-state index is 5.72. The molecule has 0 aliphatic carbocycles. The number of hydrogen-bond donors (Lipinski definition) is 0. The smallest absolute Gasteiger partial charge is 0.0640 e. The zero-order valence-corrected chi connectivity index (χ0v) is 26.1. The van der Waals surface area contributed by atoms with Crippen molar-refractivity contribution >= 4 is 77.2 Å². The maximum atomic E-state index is 5.72. The molecule has 9 aromatic rings. The first-order valence-electron chi connectivity index (χ1n) is 15.5. The molecule has 3 heterocycles. The van der Waals surface area contributed by atoms with E-state index in [0.717, 1.165) is 4.53 Å². The van der Waals surface area contributed by atoms with E-state index in [1.54, 1.807) is 11.3 Å². The van der Waals surface area contributed by atoms with Crippen LogP contribution >= 0.6 is 11.3 Å². The molecule has 0 radical (unpaired) electrons. The monoisotopic (exact) mass is 604 g/mol. The molecule has 0 saturated heterocycles. The highest BCUT2D eigenvalue weighted by Gasteiger charge is 2.17. The van der Waals surface area contributed by atoms with E-state index in [4.69, 9.17) is 6.42 Å². The molecule has 0 amide bonds. The van der Waals surface area contributed by atoms with E-state index in [9.17, 15) is 0 Å². The lowest BCUT2D eigenvalue weighted by Gasteiger charge is -2.10. The molecular weight excluding hydrogens is 577 g/mol. The van der Waals surface area contributed by atoms with Gasteiger partial charge in [-0.15, -0.1) is 17.8 Å². The van der Waals surface area contributed by atoms with Gasteiger partial charge in [-0.05, 0) is 77.9 Å². The number of thiophene rings is 1. The number of nitrogens with zero attached hydrogens (tertiary/aromatic N) is 2. The van der Waals surface area contributed by atoms with Gasteiger partial charge in [0.15, 0.2) is 0 Å². The second kappa shape index (κ2) is 10.4. The molecule has 0 spiro atoms. The van der Waals surface area contributed by atoms with Gasteiger partial charge in [-0.1, -0.05) is 90.9 Å². The van der Waals surface area contributed by atoms with Crippen molar-refractivity contribution in [2.45, 2.75) is 6.92 Å². The van der Waals surface area contributed by atoms with E-state index in [1.165, 1.54) is 81.4 Å². The normalized spacial score (nSPS) is 12.7. The van der Waals surface area contributed by atoms with E-state index in [2.05, 4.69) is 162 Å². The zero-order chi connectivity index (χ0) is 30.8. The van der Waals surface area contributed by atoms with E-state index in [-0.39, 0.29) is 0 Å². The molecule has 0 aliphatic rings. The first kappa shape index (κ1) is 26.6. The molecule has 0 saturated carbocycles. The highest BCUT2D eigenvalue weighted by atomic mass is 32.1. The van der Waals surface area contributed by atoms with Crippen molar-refractivity contribution in [3.63, 3.8) is 0 Å². The lowest BCUT2D eigenvalue weighted by atomic mass is 10.0. The second-order valence-electron chi connectivity index (χ2n) is 11.6. The number of hydrogen-bond acceptors (Lipinski definition) is 1. The van der Waals surface area contributed by atoms with E-state index in [0.29, 0.717) is 0 Å². The fourth-order valence-electron chi connectivity index (χ4n) is 7.22. The molecule has 0 N–H and O–H groups in total. The number of benzene rings is 6. The standard InChI is InChI=1S/C43H28N2S/c1-3-13-42-31(4-2)34-18-12-21-41(43(34)46-42)45-38-20-11-9-17-33(38)36-27-29(23-25-40(36)45)28-22-24-39-35(26-28)32-16-8-10-19-37(32)44(39)30-14-6-5-7-15-30/h1,4-27H,2H3/b31-4-,42-13+.